The van der Waals surface area contributed by atoms with Crippen LogP contribution < -0.4 is 5.32 Å². The van der Waals surface area contributed by atoms with Crippen LogP contribution in [0.15, 0.2) is 54.6 Å². The molecule has 3 rings (SSSR count). The maximum absolute atomic E-state index is 12.4. The number of methoxy groups -OCH3 is 1. The molecular formula is C23H24ClN3O2. The summed E-state index contributed by atoms with van der Waals surface area (Å²) in [6.45, 7) is 4.94. The standard InChI is InChI=1S/C23H24ClN3O2/c1-16-20(17(2)27(26-16)14-18-8-4-6-10-21(18)24)12-13-23(28)25-22-11-7-5-9-19(22)15-29-3/h4-13H,14-15H2,1-3H3,(H,25,28). The minimum Gasteiger partial charge on any atom is -0.380 e. The summed E-state index contributed by atoms with van der Waals surface area (Å²) < 4.78 is 7.09. The number of carbonyl (C=O) groups is 1. The fourth-order valence-corrected chi connectivity index (χ4v) is 3.35. The summed E-state index contributed by atoms with van der Waals surface area (Å²) in [5.74, 6) is -0.203. The number of ether oxygens (including phenoxy) is 1. The van der Waals surface area contributed by atoms with E-state index in [1.807, 2.05) is 67.1 Å². The lowest BCUT2D eigenvalue weighted by Crippen LogP contribution is -2.10. The third-order valence-corrected chi connectivity index (χ3v) is 5.06. The Morgan fingerprint density at radius 3 is 2.55 bits per heavy atom. The second-order valence-corrected chi connectivity index (χ2v) is 7.15. The number of benzene rings is 2. The molecule has 1 heterocycles. The molecule has 0 unspecified atom stereocenters. The maximum Gasteiger partial charge on any atom is 0.248 e. The number of para-hydroxylation sites is 1. The Bertz CT molecular complexity index is 1040. The van der Waals surface area contributed by atoms with Crippen LogP contribution in [0.2, 0.25) is 5.02 Å². The Kier molecular flexibility index (Phi) is 6.86. The predicted molar refractivity (Wildman–Crippen MR) is 117 cm³/mol. The van der Waals surface area contributed by atoms with Gasteiger partial charge >= 0.3 is 0 Å². The van der Waals surface area contributed by atoms with Crippen LogP contribution in [-0.2, 0) is 22.7 Å². The molecule has 150 valence electrons. The van der Waals surface area contributed by atoms with Gasteiger partial charge in [-0.1, -0.05) is 48.0 Å². The number of rotatable bonds is 7. The Hall–Kier alpha value is -2.89. The molecule has 1 N–H and O–H groups in total. The first kappa shape index (κ1) is 20.8. The van der Waals surface area contributed by atoms with Crippen LogP contribution in [0.25, 0.3) is 6.08 Å². The molecule has 6 heteroatoms. The summed E-state index contributed by atoms with van der Waals surface area (Å²) in [5.41, 5.74) is 5.44. The first-order valence-corrected chi connectivity index (χ1v) is 9.70. The molecule has 0 atom stereocenters. The molecule has 2 aromatic carbocycles. The highest BCUT2D eigenvalue weighted by Gasteiger charge is 2.11. The van der Waals surface area contributed by atoms with Crippen LogP contribution in [0.5, 0.6) is 0 Å². The molecule has 1 amide bonds. The Morgan fingerprint density at radius 1 is 1.14 bits per heavy atom. The molecule has 0 aliphatic heterocycles. The first-order chi connectivity index (χ1) is 14.0. The largest absolute Gasteiger partial charge is 0.380 e. The molecule has 3 aromatic rings. The summed E-state index contributed by atoms with van der Waals surface area (Å²) in [4.78, 5) is 12.4. The van der Waals surface area contributed by atoms with E-state index in [9.17, 15) is 4.79 Å². The lowest BCUT2D eigenvalue weighted by molar-refractivity contribution is -0.111. The monoisotopic (exact) mass is 409 g/mol. The van der Waals surface area contributed by atoms with Crippen molar-refractivity contribution in [2.24, 2.45) is 0 Å². The first-order valence-electron chi connectivity index (χ1n) is 9.33. The lowest BCUT2D eigenvalue weighted by Gasteiger charge is -2.08. The maximum atomic E-state index is 12.4. The average molecular weight is 410 g/mol. The van der Waals surface area contributed by atoms with Gasteiger partial charge in [-0.3, -0.25) is 9.48 Å². The van der Waals surface area contributed by atoms with Crippen LogP contribution in [0.1, 0.15) is 28.1 Å². The fraction of sp³-hybridized carbons (Fsp3) is 0.217. The van der Waals surface area contributed by atoms with E-state index in [1.54, 1.807) is 13.2 Å². The highest BCUT2D eigenvalue weighted by Crippen LogP contribution is 2.21. The Morgan fingerprint density at radius 2 is 1.83 bits per heavy atom. The van der Waals surface area contributed by atoms with Crippen molar-refractivity contribution in [2.75, 3.05) is 12.4 Å². The molecule has 0 aliphatic rings. The number of nitrogens with one attached hydrogen (secondary N) is 1. The van der Waals surface area contributed by atoms with E-state index in [4.69, 9.17) is 16.3 Å². The second kappa shape index (κ2) is 9.54. The zero-order chi connectivity index (χ0) is 20.8. The number of hydrogen-bond donors (Lipinski definition) is 1. The van der Waals surface area contributed by atoms with Gasteiger partial charge in [0.2, 0.25) is 5.91 Å². The summed E-state index contributed by atoms with van der Waals surface area (Å²) in [5, 5.41) is 8.23. The third kappa shape index (κ3) is 5.13. The number of halogens is 1. The number of aromatic nitrogens is 2. The fourth-order valence-electron chi connectivity index (χ4n) is 3.15. The molecular weight excluding hydrogens is 386 g/mol. The van der Waals surface area contributed by atoms with Gasteiger partial charge in [0.05, 0.1) is 18.8 Å². The molecule has 0 aliphatic carbocycles. The van der Waals surface area contributed by atoms with Crippen molar-refractivity contribution in [1.82, 2.24) is 9.78 Å². The Labute approximate surface area is 176 Å². The van der Waals surface area contributed by atoms with Crippen molar-refractivity contribution in [2.45, 2.75) is 27.0 Å². The number of amides is 1. The van der Waals surface area contributed by atoms with E-state index in [1.165, 1.54) is 6.08 Å². The summed E-state index contributed by atoms with van der Waals surface area (Å²) >= 11 is 6.27. The van der Waals surface area contributed by atoms with Crippen molar-refractivity contribution in [3.63, 3.8) is 0 Å². The minimum atomic E-state index is -0.203. The van der Waals surface area contributed by atoms with Crippen LogP contribution in [-0.4, -0.2) is 22.8 Å². The molecule has 0 radical (unpaired) electrons. The molecule has 0 spiro atoms. The Balaban J connectivity index is 1.75. The molecule has 0 saturated carbocycles. The van der Waals surface area contributed by atoms with Gasteiger partial charge in [-0.15, -0.1) is 0 Å². The van der Waals surface area contributed by atoms with Crippen LogP contribution in [0.4, 0.5) is 5.69 Å². The zero-order valence-electron chi connectivity index (χ0n) is 16.8. The van der Waals surface area contributed by atoms with Gasteiger partial charge in [0, 0.05) is 40.7 Å². The second-order valence-electron chi connectivity index (χ2n) is 6.75. The number of carbonyl (C=O) groups excluding carboxylic acids is 1. The van der Waals surface area contributed by atoms with Gasteiger partial charge in [-0.25, -0.2) is 0 Å². The van der Waals surface area contributed by atoms with Crippen LogP contribution in [0.3, 0.4) is 0 Å². The van der Waals surface area contributed by atoms with Gasteiger partial charge in [-0.2, -0.15) is 5.10 Å². The molecule has 0 saturated heterocycles. The van der Waals surface area contributed by atoms with Crippen LogP contribution >= 0.6 is 11.6 Å². The molecule has 1 aromatic heterocycles. The van der Waals surface area contributed by atoms with Gasteiger partial charge < -0.3 is 10.1 Å². The van der Waals surface area contributed by atoms with Crippen LogP contribution in [0, 0.1) is 13.8 Å². The van der Waals surface area contributed by atoms with Crippen molar-refractivity contribution in [1.29, 1.82) is 0 Å². The topological polar surface area (TPSA) is 56.1 Å². The van der Waals surface area contributed by atoms with Gasteiger partial charge in [0.1, 0.15) is 0 Å². The third-order valence-electron chi connectivity index (χ3n) is 4.69. The zero-order valence-corrected chi connectivity index (χ0v) is 17.5. The highest BCUT2D eigenvalue weighted by atomic mass is 35.5. The molecule has 5 nitrogen and oxygen atoms in total. The number of aryl methyl sites for hydroxylation is 1. The van der Waals surface area contributed by atoms with Crippen molar-refractivity contribution < 1.29 is 9.53 Å². The minimum absolute atomic E-state index is 0.203. The number of hydrogen-bond acceptors (Lipinski definition) is 3. The number of nitrogens with zero attached hydrogens (tertiary/aromatic N) is 2. The summed E-state index contributed by atoms with van der Waals surface area (Å²) in [7, 11) is 1.63. The van der Waals surface area contributed by atoms with Crippen molar-refractivity contribution in [3.05, 3.63) is 87.7 Å². The number of anilines is 1. The lowest BCUT2D eigenvalue weighted by atomic mass is 10.1. The van der Waals surface area contributed by atoms with E-state index in [0.717, 1.165) is 33.8 Å². The van der Waals surface area contributed by atoms with Gasteiger partial charge in [-0.05, 0) is 37.6 Å². The molecule has 0 bridgehead atoms. The van der Waals surface area contributed by atoms with E-state index < -0.39 is 0 Å². The summed E-state index contributed by atoms with van der Waals surface area (Å²) in [6.07, 6.45) is 3.33. The normalized spacial score (nSPS) is 11.2. The average Bonchev–Trinajstić information content (AvgIpc) is 2.96. The van der Waals surface area contributed by atoms with E-state index in [0.29, 0.717) is 18.2 Å². The molecule has 0 fully saturated rings. The SMILES string of the molecule is COCc1ccccc1NC(=O)C=Cc1c(C)nn(Cc2ccccc2Cl)c1C. The van der Waals surface area contributed by atoms with Gasteiger partial charge in [0.15, 0.2) is 0 Å². The van der Waals surface area contributed by atoms with E-state index in [-0.39, 0.29) is 5.91 Å². The molecule has 29 heavy (non-hydrogen) atoms. The summed E-state index contributed by atoms with van der Waals surface area (Å²) in [6, 6.07) is 15.3. The van der Waals surface area contributed by atoms with Crippen molar-refractivity contribution in [3.8, 4) is 0 Å². The van der Waals surface area contributed by atoms with E-state index in [2.05, 4.69) is 10.4 Å². The van der Waals surface area contributed by atoms with E-state index >= 15 is 0 Å². The van der Waals surface area contributed by atoms with Crippen molar-refractivity contribution >= 4 is 29.3 Å². The quantitative estimate of drug-likeness (QED) is 0.558. The van der Waals surface area contributed by atoms with Gasteiger partial charge in [0.25, 0.3) is 0 Å². The smallest absolute Gasteiger partial charge is 0.248 e. The highest BCUT2D eigenvalue weighted by molar-refractivity contribution is 6.31. The predicted octanol–water partition coefficient (Wildman–Crippen LogP) is 5.00.